The molecule has 11 heavy (non-hydrogen) atoms. The van der Waals surface area contributed by atoms with Crippen molar-refractivity contribution >= 4 is 5.97 Å². The third-order valence-electron chi connectivity index (χ3n) is 2.67. The van der Waals surface area contributed by atoms with Crippen molar-refractivity contribution in [2.75, 3.05) is 0 Å². The van der Waals surface area contributed by atoms with Gasteiger partial charge >= 0.3 is 5.97 Å². The van der Waals surface area contributed by atoms with Crippen LogP contribution in [0, 0.1) is 11.8 Å². The van der Waals surface area contributed by atoms with Crippen LogP contribution in [0.2, 0.25) is 0 Å². The second-order valence-electron chi connectivity index (χ2n) is 3.44. The Morgan fingerprint density at radius 2 is 2.27 bits per heavy atom. The second-order valence-corrected chi connectivity index (χ2v) is 3.44. The number of carboxylic acids is 1. The van der Waals surface area contributed by atoms with Gasteiger partial charge in [0, 0.05) is 0 Å². The topological polar surface area (TPSA) is 63.3 Å². The SMILES string of the molecule is C[C@H]1CCC[C@H]1[C@H](N)C(=O)O. The summed E-state index contributed by atoms with van der Waals surface area (Å²) in [6.45, 7) is 2.08. The fourth-order valence-electron chi connectivity index (χ4n) is 1.89. The molecule has 0 aromatic rings. The number of aliphatic carboxylic acids is 1. The number of hydrogen-bond donors (Lipinski definition) is 2. The van der Waals surface area contributed by atoms with E-state index >= 15 is 0 Å². The highest BCUT2D eigenvalue weighted by Crippen LogP contribution is 2.32. The van der Waals surface area contributed by atoms with Crippen LogP contribution in [0.5, 0.6) is 0 Å². The van der Waals surface area contributed by atoms with Gasteiger partial charge in [-0.1, -0.05) is 19.8 Å². The predicted molar refractivity (Wildman–Crippen MR) is 42.1 cm³/mol. The molecule has 1 rings (SSSR count). The molecule has 0 aromatic heterocycles. The van der Waals surface area contributed by atoms with Gasteiger partial charge in [-0.2, -0.15) is 0 Å². The van der Waals surface area contributed by atoms with Crippen LogP contribution < -0.4 is 5.73 Å². The van der Waals surface area contributed by atoms with Gasteiger partial charge in [-0.25, -0.2) is 0 Å². The van der Waals surface area contributed by atoms with Crippen molar-refractivity contribution in [1.29, 1.82) is 0 Å². The molecule has 0 radical (unpaired) electrons. The highest BCUT2D eigenvalue weighted by Gasteiger charge is 2.32. The van der Waals surface area contributed by atoms with Crippen LogP contribution in [0.25, 0.3) is 0 Å². The smallest absolute Gasteiger partial charge is 0.320 e. The van der Waals surface area contributed by atoms with Crippen molar-refractivity contribution in [1.82, 2.24) is 0 Å². The Morgan fingerprint density at radius 1 is 1.64 bits per heavy atom. The molecule has 0 spiro atoms. The fourth-order valence-corrected chi connectivity index (χ4v) is 1.89. The molecule has 3 atom stereocenters. The van der Waals surface area contributed by atoms with Gasteiger partial charge < -0.3 is 10.8 Å². The van der Waals surface area contributed by atoms with Gasteiger partial charge in [0.15, 0.2) is 0 Å². The molecule has 0 unspecified atom stereocenters. The first-order chi connectivity index (χ1) is 5.13. The van der Waals surface area contributed by atoms with Crippen molar-refractivity contribution in [3.05, 3.63) is 0 Å². The van der Waals surface area contributed by atoms with E-state index in [1.54, 1.807) is 0 Å². The summed E-state index contributed by atoms with van der Waals surface area (Å²) in [5.41, 5.74) is 5.51. The maximum Gasteiger partial charge on any atom is 0.320 e. The van der Waals surface area contributed by atoms with E-state index in [1.165, 1.54) is 0 Å². The maximum absolute atomic E-state index is 10.5. The molecule has 64 valence electrons. The van der Waals surface area contributed by atoms with E-state index < -0.39 is 12.0 Å². The quantitative estimate of drug-likeness (QED) is 0.624. The lowest BCUT2D eigenvalue weighted by atomic mass is 9.91. The summed E-state index contributed by atoms with van der Waals surface area (Å²) in [6, 6.07) is -0.646. The Bertz CT molecular complexity index is 158. The Hall–Kier alpha value is -0.570. The monoisotopic (exact) mass is 157 g/mol. The van der Waals surface area contributed by atoms with Crippen molar-refractivity contribution in [3.63, 3.8) is 0 Å². The summed E-state index contributed by atoms with van der Waals surface area (Å²) in [4.78, 5) is 10.5. The van der Waals surface area contributed by atoms with E-state index in [-0.39, 0.29) is 5.92 Å². The molecule has 3 nitrogen and oxygen atoms in total. The third-order valence-corrected chi connectivity index (χ3v) is 2.67. The van der Waals surface area contributed by atoms with Gasteiger partial charge in [0.2, 0.25) is 0 Å². The van der Waals surface area contributed by atoms with E-state index in [1.807, 2.05) is 0 Å². The summed E-state index contributed by atoms with van der Waals surface area (Å²) < 4.78 is 0. The van der Waals surface area contributed by atoms with Crippen LogP contribution in [0.1, 0.15) is 26.2 Å². The summed E-state index contributed by atoms with van der Waals surface area (Å²) in [7, 11) is 0. The molecular weight excluding hydrogens is 142 g/mol. The normalized spacial score (nSPS) is 33.6. The number of carboxylic acid groups (broad SMARTS) is 1. The number of carbonyl (C=O) groups is 1. The molecule has 0 amide bonds. The molecule has 3 N–H and O–H groups in total. The number of rotatable bonds is 2. The summed E-state index contributed by atoms with van der Waals surface area (Å²) in [6.07, 6.45) is 3.24. The molecule has 1 aliphatic rings. The molecule has 0 aromatic carbocycles. The highest BCUT2D eigenvalue weighted by atomic mass is 16.4. The summed E-state index contributed by atoms with van der Waals surface area (Å²) >= 11 is 0. The Labute approximate surface area is 66.6 Å². The highest BCUT2D eigenvalue weighted by molar-refractivity contribution is 5.73. The molecule has 0 heterocycles. The largest absolute Gasteiger partial charge is 0.480 e. The molecule has 0 aliphatic heterocycles. The average Bonchev–Trinajstić information content (AvgIpc) is 2.33. The van der Waals surface area contributed by atoms with Crippen molar-refractivity contribution < 1.29 is 9.90 Å². The van der Waals surface area contributed by atoms with Gasteiger partial charge in [-0.05, 0) is 18.3 Å². The zero-order valence-electron chi connectivity index (χ0n) is 6.79. The lowest BCUT2D eigenvalue weighted by Crippen LogP contribution is -2.39. The zero-order chi connectivity index (χ0) is 8.43. The third kappa shape index (κ3) is 1.71. The Balaban J connectivity index is 2.52. The van der Waals surface area contributed by atoms with Crippen molar-refractivity contribution in [2.45, 2.75) is 32.2 Å². The standard InChI is InChI=1S/C8H15NO2/c1-5-3-2-4-6(5)7(9)8(10)11/h5-7H,2-4,9H2,1H3,(H,10,11)/t5-,6+,7-/m0/s1. The van der Waals surface area contributed by atoms with Gasteiger partial charge in [0.1, 0.15) is 6.04 Å². The molecule has 0 saturated heterocycles. The molecule has 3 heteroatoms. The second kappa shape index (κ2) is 3.22. The minimum absolute atomic E-state index is 0.201. The summed E-state index contributed by atoms with van der Waals surface area (Å²) in [5.74, 6) is -0.169. The Morgan fingerprint density at radius 3 is 2.64 bits per heavy atom. The number of nitrogens with two attached hydrogens (primary N) is 1. The van der Waals surface area contributed by atoms with E-state index in [0.29, 0.717) is 5.92 Å². The van der Waals surface area contributed by atoms with Gasteiger partial charge in [0.25, 0.3) is 0 Å². The van der Waals surface area contributed by atoms with Crippen LogP contribution in [-0.4, -0.2) is 17.1 Å². The molecule has 1 aliphatic carbocycles. The van der Waals surface area contributed by atoms with Crippen LogP contribution in [0.15, 0.2) is 0 Å². The predicted octanol–water partition coefficient (Wildman–Crippen LogP) is 0.834. The van der Waals surface area contributed by atoms with E-state index in [2.05, 4.69) is 6.92 Å². The molecular formula is C8H15NO2. The summed E-state index contributed by atoms with van der Waals surface area (Å²) in [5, 5.41) is 8.64. The lowest BCUT2D eigenvalue weighted by Gasteiger charge is -2.18. The average molecular weight is 157 g/mol. The van der Waals surface area contributed by atoms with E-state index in [0.717, 1.165) is 19.3 Å². The minimum Gasteiger partial charge on any atom is -0.480 e. The van der Waals surface area contributed by atoms with Gasteiger partial charge in [-0.15, -0.1) is 0 Å². The van der Waals surface area contributed by atoms with Crippen molar-refractivity contribution in [3.8, 4) is 0 Å². The first kappa shape index (κ1) is 8.53. The van der Waals surface area contributed by atoms with Gasteiger partial charge in [-0.3, -0.25) is 4.79 Å². The van der Waals surface area contributed by atoms with Gasteiger partial charge in [0.05, 0.1) is 0 Å². The molecule has 0 bridgehead atoms. The maximum atomic E-state index is 10.5. The van der Waals surface area contributed by atoms with E-state index in [9.17, 15) is 4.79 Å². The first-order valence-corrected chi connectivity index (χ1v) is 4.11. The first-order valence-electron chi connectivity index (χ1n) is 4.11. The van der Waals surface area contributed by atoms with Crippen LogP contribution >= 0.6 is 0 Å². The van der Waals surface area contributed by atoms with Crippen LogP contribution in [-0.2, 0) is 4.79 Å². The van der Waals surface area contributed by atoms with Crippen LogP contribution in [0.4, 0.5) is 0 Å². The van der Waals surface area contributed by atoms with E-state index in [4.69, 9.17) is 10.8 Å². The molecule has 1 fully saturated rings. The fraction of sp³-hybridized carbons (Fsp3) is 0.875. The zero-order valence-corrected chi connectivity index (χ0v) is 6.79. The van der Waals surface area contributed by atoms with Crippen molar-refractivity contribution in [2.24, 2.45) is 17.6 Å². The lowest BCUT2D eigenvalue weighted by molar-refractivity contribution is -0.140. The Kier molecular flexibility index (Phi) is 2.49. The van der Waals surface area contributed by atoms with Crippen LogP contribution in [0.3, 0.4) is 0 Å². The minimum atomic E-state index is -0.858. The molecule has 1 saturated carbocycles. The number of hydrogen-bond acceptors (Lipinski definition) is 2.